The summed E-state index contributed by atoms with van der Waals surface area (Å²) in [4.78, 5) is 23.5. The second-order valence-electron chi connectivity index (χ2n) is 4.22. The molecule has 1 fully saturated rings. The zero-order valence-corrected chi connectivity index (χ0v) is 8.60. The fourth-order valence-electron chi connectivity index (χ4n) is 2.60. The first-order valence-corrected chi connectivity index (χ1v) is 4.87. The van der Waals surface area contributed by atoms with Crippen molar-refractivity contribution in [3.05, 3.63) is 11.8 Å². The molecule has 2 heterocycles. The lowest BCUT2D eigenvalue weighted by Crippen LogP contribution is -2.68. The maximum atomic E-state index is 11.4. The molecule has 2 aliphatic rings. The predicted octanol–water partition coefficient (Wildman–Crippen LogP) is -0.0435. The number of fused-ring (bicyclic) bond motifs is 1. The molecule has 0 bridgehead atoms. The van der Waals surface area contributed by atoms with E-state index in [0.29, 0.717) is 0 Å². The molecule has 0 aromatic carbocycles. The molecule has 1 amide bonds. The van der Waals surface area contributed by atoms with Gasteiger partial charge in [0.2, 0.25) is 5.91 Å². The quantitative estimate of drug-likeness (QED) is 0.628. The molecule has 0 radical (unpaired) electrons. The molecule has 82 valence electrons. The third-order valence-electron chi connectivity index (χ3n) is 3.48. The number of carbonyl (C=O) groups excluding carboxylic acids is 1. The van der Waals surface area contributed by atoms with Crippen molar-refractivity contribution in [1.82, 2.24) is 4.90 Å². The van der Waals surface area contributed by atoms with Gasteiger partial charge in [-0.25, -0.2) is 4.79 Å². The number of β-lactam (4-membered cyclic amide) rings is 1. The van der Waals surface area contributed by atoms with Crippen LogP contribution in [0.4, 0.5) is 0 Å². The first-order chi connectivity index (χ1) is 6.91. The second kappa shape index (κ2) is 2.82. The van der Waals surface area contributed by atoms with Gasteiger partial charge in [-0.1, -0.05) is 6.92 Å². The number of rotatable bonds is 2. The van der Waals surface area contributed by atoms with Gasteiger partial charge in [0.05, 0.1) is 18.1 Å². The van der Waals surface area contributed by atoms with Gasteiger partial charge < -0.3 is 10.2 Å². The highest BCUT2D eigenvalue weighted by Crippen LogP contribution is 2.49. The molecule has 0 spiro atoms. The van der Waals surface area contributed by atoms with E-state index in [0.717, 1.165) is 0 Å². The smallest absolute Gasteiger partial charge is 0.352 e. The van der Waals surface area contributed by atoms with Crippen LogP contribution in [0.2, 0.25) is 0 Å². The number of carbonyl (C=O) groups is 2. The Morgan fingerprint density at radius 1 is 1.73 bits per heavy atom. The fraction of sp³-hybridized carbons (Fsp3) is 0.600. The molecule has 5 heteroatoms. The lowest BCUT2D eigenvalue weighted by molar-refractivity contribution is -0.167. The largest absolute Gasteiger partial charge is 0.477 e. The Bertz CT molecular complexity index is 374. The summed E-state index contributed by atoms with van der Waals surface area (Å²) in [6.45, 7) is 3.41. The van der Waals surface area contributed by atoms with Crippen LogP contribution in [-0.2, 0) is 9.59 Å². The van der Waals surface area contributed by atoms with E-state index in [2.05, 4.69) is 0 Å². The number of aliphatic carboxylic acids is 1. The minimum absolute atomic E-state index is 0.000324. The van der Waals surface area contributed by atoms with Gasteiger partial charge in [-0.15, -0.1) is 0 Å². The summed E-state index contributed by atoms with van der Waals surface area (Å²) in [6.07, 6.45) is 1.04. The van der Waals surface area contributed by atoms with E-state index in [-0.39, 0.29) is 23.9 Å². The molecule has 1 saturated heterocycles. The summed E-state index contributed by atoms with van der Waals surface area (Å²) in [5.74, 6) is -1.47. The van der Waals surface area contributed by atoms with Crippen molar-refractivity contribution in [1.29, 1.82) is 0 Å². The van der Waals surface area contributed by atoms with Crippen LogP contribution < -0.4 is 0 Å². The van der Waals surface area contributed by atoms with Crippen LogP contribution in [-0.4, -0.2) is 38.6 Å². The van der Waals surface area contributed by atoms with E-state index in [4.69, 9.17) is 5.11 Å². The molecule has 2 N–H and O–H groups in total. The summed E-state index contributed by atoms with van der Waals surface area (Å²) in [6, 6.07) is 0. The van der Waals surface area contributed by atoms with Gasteiger partial charge in [0.15, 0.2) is 0 Å². The maximum Gasteiger partial charge on any atom is 0.352 e. The van der Waals surface area contributed by atoms with E-state index in [9.17, 15) is 14.7 Å². The zero-order valence-electron chi connectivity index (χ0n) is 8.60. The summed E-state index contributed by atoms with van der Waals surface area (Å²) in [5.41, 5.74) is -0.718. The van der Waals surface area contributed by atoms with Crippen molar-refractivity contribution >= 4 is 11.9 Å². The monoisotopic (exact) mass is 211 g/mol. The molecule has 0 saturated carbocycles. The highest BCUT2D eigenvalue weighted by molar-refractivity contribution is 5.99. The topological polar surface area (TPSA) is 77.8 Å². The summed E-state index contributed by atoms with van der Waals surface area (Å²) < 4.78 is 0. The van der Waals surface area contributed by atoms with Crippen molar-refractivity contribution in [3.63, 3.8) is 0 Å². The highest BCUT2D eigenvalue weighted by atomic mass is 16.4. The van der Waals surface area contributed by atoms with Crippen molar-refractivity contribution in [2.45, 2.75) is 31.9 Å². The molecule has 3 atom stereocenters. The van der Waals surface area contributed by atoms with Crippen molar-refractivity contribution in [3.8, 4) is 0 Å². The van der Waals surface area contributed by atoms with Gasteiger partial charge in [-0.05, 0) is 13.0 Å². The zero-order chi connectivity index (χ0) is 11.4. The fourth-order valence-corrected chi connectivity index (χ4v) is 2.60. The number of hydrogen-bond acceptors (Lipinski definition) is 3. The number of carboxylic acid groups (broad SMARTS) is 1. The lowest BCUT2D eigenvalue weighted by Gasteiger charge is -2.52. The molecule has 0 aromatic heterocycles. The minimum Gasteiger partial charge on any atom is -0.477 e. The second-order valence-corrected chi connectivity index (χ2v) is 4.22. The third kappa shape index (κ3) is 1.01. The summed E-state index contributed by atoms with van der Waals surface area (Å²) in [7, 11) is 0. The van der Waals surface area contributed by atoms with Crippen molar-refractivity contribution in [2.75, 3.05) is 0 Å². The van der Waals surface area contributed by atoms with Gasteiger partial charge in [-0.2, -0.15) is 0 Å². The molecule has 5 nitrogen and oxygen atoms in total. The molecule has 15 heavy (non-hydrogen) atoms. The molecule has 2 unspecified atom stereocenters. The number of amides is 1. The summed E-state index contributed by atoms with van der Waals surface area (Å²) >= 11 is 0. The Morgan fingerprint density at radius 2 is 2.33 bits per heavy atom. The Morgan fingerprint density at radius 3 is 2.73 bits per heavy atom. The van der Waals surface area contributed by atoms with Gasteiger partial charge in [0.25, 0.3) is 0 Å². The van der Waals surface area contributed by atoms with E-state index >= 15 is 0 Å². The Balaban J connectivity index is 2.41. The van der Waals surface area contributed by atoms with Gasteiger partial charge in [0, 0.05) is 5.92 Å². The first-order valence-electron chi connectivity index (χ1n) is 4.87. The molecular formula is C10H13NO4. The number of hydrogen-bond donors (Lipinski definition) is 2. The van der Waals surface area contributed by atoms with Crippen molar-refractivity contribution < 1.29 is 19.8 Å². The van der Waals surface area contributed by atoms with E-state index in [1.54, 1.807) is 13.0 Å². The van der Waals surface area contributed by atoms with Crippen molar-refractivity contribution in [2.24, 2.45) is 5.92 Å². The standard InChI is InChI=1S/C10H13NO4/c1-5-3-7(9(14)15)11-8(13)4-10(5,11)6(2)12/h3,5-6,12H,4H2,1-2H3,(H,14,15)/t5-,6?,10?/m1/s1. The molecule has 0 aliphatic carbocycles. The summed E-state index contributed by atoms with van der Waals surface area (Å²) in [5, 5.41) is 18.6. The van der Waals surface area contributed by atoms with Gasteiger partial charge >= 0.3 is 5.97 Å². The molecule has 2 rings (SSSR count). The average molecular weight is 211 g/mol. The third-order valence-corrected chi connectivity index (χ3v) is 3.48. The maximum absolute atomic E-state index is 11.4. The van der Waals surface area contributed by atoms with Gasteiger partial charge in [0.1, 0.15) is 5.70 Å². The van der Waals surface area contributed by atoms with E-state index < -0.39 is 17.6 Å². The molecular weight excluding hydrogens is 198 g/mol. The number of carboxylic acids is 1. The van der Waals surface area contributed by atoms with E-state index in [1.165, 1.54) is 4.90 Å². The Kier molecular flexibility index (Phi) is 1.91. The predicted molar refractivity (Wildman–Crippen MR) is 50.8 cm³/mol. The highest BCUT2D eigenvalue weighted by Gasteiger charge is 2.62. The Hall–Kier alpha value is -1.36. The van der Waals surface area contributed by atoms with Gasteiger partial charge in [-0.3, -0.25) is 9.69 Å². The Labute approximate surface area is 87.0 Å². The average Bonchev–Trinajstić information content (AvgIpc) is 2.34. The van der Waals surface area contributed by atoms with Crippen LogP contribution in [0.5, 0.6) is 0 Å². The molecule has 2 aliphatic heterocycles. The van der Waals surface area contributed by atoms with Crippen LogP contribution in [0.3, 0.4) is 0 Å². The molecule has 0 aromatic rings. The normalized spacial score (nSPS) is 35.7. The van der Waals surface area contributed by atoms with Crippen LogP contribution in [0.15, 0.2) is 11.8 Å². The van der Waals surface area contributed by atoms with Crippen LogP contribution in [0, 0.1) is 5.92 Å². The number of aliphatic hydroxyl groups excluding tert-OH is 1. The number of aliphatic hydroxyl groups is 1. The van der Waals surface area contributed by atoms with Crippen LogP contribution in [0.25, 0.3) is 0 Å². The van der Waals surface area contributed by atoms with E-state index in [1.807, 2.05) is 6.92 Å². The number of nitrogens with zero attached hydrogens (tertiary/aromatic N) is 1. The van der Waals surface area contributed by atoms with Crippen LogP contribution >= 0.6 is 0 Å². The SMILES string of the molecule is CC(O)C12CC(=O)N1C(C(=O)O)=C[C@H]2C. The minimum atomic E-state index is -1.11. The lowest BCUT2D eigenvalue weighted by atomic mass is 9.73. The van der Waals surface area contributed by atoms with Crippen LogP contribution in [0.1, 0.15) is 20.3 Å². The first kappa shape index (κ1) is 10.2.